The zero-order valence-electron chi connectivity index (χ0n) is 8.21. The van der Waals surface area contributed by atoms with Crippen LogP contribution in [0.15, 0.2) is 45.6 Å². The number of aldehydes is 1. The summed E-state index contributed by atoms with van der Waals surface area (Å²) >= 11 is 0. The van der Waals surface area contributed by atoms with Gasteiger partial charge in [-0.25, -0.2) is 4.40 Å². The molecule has 0 saturated heterocycles. The summed E-state index contributed by atoms with van der Waals surface area (Å²) in [5, 5.41) is 0. The normalized spacial score (nSPS) is 11.0. The van der Waals surface area contributed by atoms with E-state index in [9.17, 15) is 9.59 Å². The summed E-state index contributed by atoms with van der Waals surface area (Å²) in [4.78, 5) is 22.6. The maximum absolute atomic E-state index is 11.9. The summed E-state index contributed by atoms with van der Waals surface area (Å²) in [6.45, 7) is 0. The number of para-hydroxylation sites is 2. The number of hydrogen-bond acceptors (Lipinski definition) is 3. The van der Waals surface area contributed by atoms with Crippen LogP contribution in [0, 0.1) is 0 Å². The summed E-state index contributed by atoms with van der Waals surface area (Å²) in [5.41, 5.74) is 1.52. The molecule has 0 aliphatic rings. The molecule has 0 unspecified atom stereocenters. The standard InChI is InChI=1S/C12H7NO3/c14-7-8-5-6-11-13(12(8)15)9-3-1-2-4-10(9)16-11/h1-7H. The molecule has 0 aliphatic heterocycles. The number of benzene rings is 1. The van der Waals surface area contributed by atoms with Crippen molar-refractivity contribution in [3.63, 3.8) is 0 Å². The van der Waals surface area contributed by atoms with Crippen LogP contribution in [0.2, 0.25) is 0 Å². The maximum atomic E-state index is 11.9. The van der Waals surface area contributed by atoms with Crippen molar-refractivity contribution in [3.05, 3.63) is 52.3 Å². The van der Waals surface area contributed by atoms with Gasteiger partial charge in [0.1, 0.15) is 0 Å². The van der Waals surface area contributed by atoms with Gasteiger partial charge in [-0.3, -0.25) is 9.59 Å². The van der Waals surface area contributed by atoms with Gasteiger partial charge in [0.15, 0.2) is 11.9 Å². The second kappa shape index (κ2) is 3.06. The molecule has 0 amide bonds. The van der Waals surface area contributed by atoms with Crippen molar-refractivity contribution in [2.75, 3.05) is 0 Å². The molecule has 0 saturated carbocycles. The Bertz CT molecular complexity index is 752. The van der Waals surface area contributed by atoms with Crippen LogP contribution >= 0.6 is 0 Å². The molecule has 0 spiro atoms. The third-order valence-electron chi connectivity index (χ3n) is 2.52. The van der Waals surface area contributed by atoms with Crippen molar-refractivity contribution < 1.29 is 9.21 Å². The lowest BCUT2D eigenvalue weighted by Crippen LogP contribution is -2.16. The fourth-order valence-corrected chi connectivity index (χ4v) is 1.77. The van der Waals surface area contributed by atoms with Gasteiger partial charge >= 0.3 is 0 Å². The topological polar surface area (TPSA) is 51.7 Å². The van der Waals surface area contributed by atoms with Crippen LogP contribution in [-0.4, -0.2) is 10.7 Å². The van der Waals surface area contributed by atoms with E-state index in [2.05, 4.69) is 0 Å². The van der Waals surface area contributed by atoms with Crippen molar-refractivity contribution in [2.45, 2.75) is 0 Å². The molecule has 3 rings (SSSR count). The predicted molar refractivity (Wildman–Crippen MR) is 58.8 cm³/mol. The molecule has 78 valence electrons. The molecule has 2 heterocycles. The van der Waals surface area contributed by atoms with E-state index in [0.29, 0.717) is 23.1 Å². The molecule has 16 heavy (non-hydrogen) atoms. The van der Waals surface area contributed by atoms with Crippen LogP contribution < -0.4 is 5.56 Å². The Labute approximate surface area is 89.7 Å². The summed E-state index contributed by atoms with van der Waals surface area (Å²) < 4.78 is 6.88. The average molecular weight is 213 g/mol. The van der Waals surface area contributed by atoms with E-state index >= 15 is 0 Å². The number of rotatable bonds is 1. The first-order valence-electron chi connectivity index (χ1n) is 4.80. The van der Waals surface area contributed by atoms with Crippen LogP contribution in [0.1, 0.15) is 10.4 Å². The number of oxazole rings is 1. The third kappa shape index (κ3) is 1.04. The SMILES string of the molecule is O=Cc1ccc2oc3ccccc3n2c1=O. The number of aromatic nitrogens is 1. The highest BCUT2D eigenvalue weighted by molar-refractivity contribution is 5.80. The van der Waals surface area contributed by atoms with Crippen molar-refractivity contribution in [3.8, 4) is 0 Å². The lowest BCUT2D eigenvalue weighted by atomic mass is 10.3. The lowest BCUT2D eigenvalue weighted by Gasteiger charge is -1.93. The Morgan fingerprint density at radius 3 is 2.75 bits per heavy atom. The van der Waals surface area contributed by atoms with Gasteiger partial charge in [0, 0.05) is 6.07 Å². The van der Waals surface area contributed by atoms with E-state index in [4.69, 9.17) is 4.42 Å². The van der Waals surface area contributed by atoms with Crippen molar-refractivity contribution in [1.29, 1.82) is 0 Å². The minimum atomic E-state index is -0.350. The van der Waals surface area contributed by atoms with E-state index in [1.165, 1.54) is 10.5 Å². The van der Waals surface area contributed by atoms with Crippen molar-refractivity contribution in [1.82, 2.24) is 4.40 Å². The first kappa shape index (κ1) is 8.91. The predicted octanol–water partition coefficient (Wildman–Crippen LogP) is 1.86. The van der Waals surface area contributed by atoms with Crippen LogP contribution in [0.25, 0.3) is 16.8 Å². The van der Waals surface area contributed by atoms with Gasteiger partial charge in [-0.05, 0) is 18.2 Å². The van der Waals surface area contributed by atoms with Gasteiger partial charge < -0.3 is 4.42 Å². The molecule has 0 bridgehead atoms. The number of hydrogen-bond donors (Lipinski definition) is 0. The van der Waals surface area contributed by atoms with E-state index in [1.807, 2.05) is 12.1 Å². The Morgan fingerprint density at radius 1 is 1.12 bits per heavy atom. The molecule has 4 nitrogen and oxygen atoms in total. The third-order valence-corrected chi connectivity index (χ3v) is 2.52. The van der Waals surface area contributed by atoms with Crippen molar-refractivity contribution in [2.24, 2.45) is 0 Å². The molecule has 0 radical (unpaired) electrons. The van der Waals surface area contributed by atoms with Gasteiger partial charge in [0.05, 0.1) is 11.1 Å². The minimum Gasteiger partial charge on any atom is -0.438 e. The number of nitrogens with zero attached hydrogens (tertiary/aromatic N) is 1. The van der Waals surface area contributed by atoms with Crippen LogP contribution in [-0.2, 0) is 0 Å². The minimum absolute atomic E-state index is 0.129. The molecule has 3 aromatic rings. The number of carbonyl (C=O) groups excluding carboxylic acids is 1. The first-order chi connectivity index (χ1) is 7.81. The van der Waals surface area contributed by atoms with Crippen LogP contribution in [0.4, 0.5) is 0 Å². The van der Waals surface area contributed by atoms with Crippen LogP contribution in [0.3, 0.4) is 0 Å². The van der Waals surface area contributed by atoms with Gasteiger partial charge in [-0.15, -0.1) is 0 Å². The molecule has 0 aliphatic carbocycles. The zero-order valence-corrected chi connectivity index (χ0v) is 8.21. The number of pyridine rings is 1. The highest BCUT2D eigenvalue weighted by atomic mass is 16.3. The molecule has 1 aromatic carbocycles. The molecular weight excluding hydrogens is 206 g/mol. The number of fused-ring (bicyclic) bond motifs is 3. The Balaban J connectivity index is 2.63. The molecular formula is C12H7NO3. The largest absolute Gasteiger partial charge is 0.438 e. The van der Waals surface area contributed by atoms with E-state index in [-0.39, 0.29) is 11.1 Å². The zero-order chi connectivity index (χ0) is 11.1. The summed E-state index contributed by atoms with van der Waals surface area (Å²) in [5.74, 6) is 0. The highest BCUT2D eigenvalue weighted by Gasteiger charge is 2.09. The second-order valence-corrected chi connectivity index (χ2v) is 3.46. The van der Waals surface area contributed by atoms with Crippen LogP contribution in [0.5, 0.6) is 0 Å². The first-order valence-corrected chi connectivity index (χ1v) is 4.80. The second-order valence-electron chi connectivity index (χ2n) is 3.46. The Hall–Kier alpha value is -2.36. The monoisotopic (exact) mass is 213 g/mol. The fourth-order valence-electron chi connectivity index (χ4n) is 1.77. The molecule has 4 heteroatoms. The molecule has 0 N–H and O–H groups in total. The van der Waals surface area contributed by atoms with Gasteiger partial charge in [0.2, 0.25) is 5.71 Å². The van der Waals surface area contributed by atoms with Gasteiger partial charge in [-0.1, -0.05) is 12.1 Å². The molecule has 0 fully saturated rings. The maximum Gasteiger partial charge on any atom is 0.268 e. The molecule has 2 aromatic heterocycles. The Morgan fingerprint density at radius 2 is 1.94 bits per heavy atom. The Kier molecular flexibility index (Phi) is 1.71. The quantitative estimate of drug-likeness (QED) is 0.580. The fraction of sp³-hybridized carbons (Fsp3) is 0. The number of carbonyl (C=O) groups is 1. The van der Waals surface area contributed by atoms with E-state index < -0.39 is 0 Å². The summed E-state index contributed by atoms with van der Waals surface area (Å²) in [7, 11) is 0. The lowest BCUT2D eigenvalue weighted by molar-refractivity contribution is 0.112. The summed E-state index contributed by atoms with van der Waals surface area (Å²) in [6, 6.07) is 10.3. The smallest absolute Gasteiger partial charge is 0.268 e. The van der Waals surface area contributed by atoms with Gasteiger partial charge in [0.25, 0.3) is 5.56 Å². The van der Waals surface area contributed by atoms with Crippen molar-refractivity contribution >= 4 is 23.1 Å². The average Bonchev–Trinajstić information content (AvgIpc) is 2.68. The highest BCUT2D eigenvalue weighted by Crippen LogP contribution is 2.17. The molecule has 0 atom stereocenters. The van der Waals surface area contributed by atoms with Gasteiger partial charge in [-0.2, -0.15) is 0 Å². The summed E-state index contributed by atoms with van der Waals surface area (Å²) in [6.07, 6.45) is 0.552. The van der Waals surface area contributed by atoms with E-state index in [0.717, 1.165) is 0 Å². The van der Waals surface area contributed by atoms with E-state index in [1.54, 1.807) is 18.2 Å².